The summed E-state index contributed by atoms with van der Waals surface area (Å²) in [5, 5.41) is 5.93. The third kappa shape index (κ3) is 21.2. The summed E-state index contributed by atoms with van der Waals surface area (Å²) in [5.74, 6) is 0.840. The lowest BCUT2D eigenvalue weighted by Gasteiger charge is -2.17. The number of carbonyl (C=O) groups excluding carboxylic acids is 2. The Labute approximate surface area is 451 Å². The van der Waals surface area contributed by atoms with E-state index in [4.69, 9.17) is 0 Å². The molecule has 1 fully saturated rings. The van der Waals surface area contributed by atoms with E-state index in [1.54, 1.807) is 11.3 Å². The molecule has 8 rings (SSSR count). The smallest absolute Gasteiger partial charge is 0.251 e. The quantitative estimate of drug-likeness (QED) is 0.120. The number of likely N-dealkylation sites (N-methyl/N-ethyl adjacent to an activating group) is 1. The molecule has 5 nitrogen and oxygen atoms in total. The predicted octanol–water partition coefficient (Wildman–Crippen LogP) is 18.0. The van der Waals surface area contributed by atoms with Gasteiger partial charge in [-0.2, -0.15) is 0 Å². The van der Waals surface area contributed by atoms with Crippen LogP contribution in [0, 0.1) is 19.8 Å². The Balaban J connectivity index is 0.000000203. The molecule has 388 valence electrons. The lowest BCUT2D eigenvalue weighted by Crippen LogP contribution is -2.31. The molecule has 2 aliphatic carbocycles. The van der Waals surface area contributed by atoms with Crippen LogP contribution in [-0.2, 0) is 10.8 Å². The number of carbonyl (C=O) groups is 2. The molecule has 6 aromatic rings. The van der Waals surface area contributed by atoms with Crippen LogP contribution >= 0.6 is 45.3 Å². The van der Waals surface area contributed by atoms with Crippen LogP contribution in [0.15, 0.2) is 121 Å². The molecule has 4 heterocycles. The van der Waals surface area contributed by atoms with Crippen LogP contribution in [0.4, 0.5) is 0 Å². The summed E-state index contributed by atoms with van der Waals surface area (Å²) in [4.78, 5) is 35.5. The molecule has 1 saturated carbocycles. The Hall–Kier alpha value is -4.48. The van der Waals surface area contributed by atoms with Crippen molar-refractivity contribution in [2.75, 3.05) is 40.8 Å². The Morgan fingerprint density at radius 2 is 1.19 bits per heavy atom. The summed E-state index contributed by atoms with van der Waals surface area (Å²) in [6.45, 7) is 24.8. The number of rotatable bonds is 12. The van der Waals surface area contributed by atoms with Gasteiger partial charge in [-0.25, -0.2) is 0 Å². The van der Waals surface area contributed by atoms with E-state index in [0.717, 1.165) is 36.4 Å². The number of nitrogens with zero attached hydrogens (tertiary/aromatic N) is 1. The van der Waals surface area contributed by atoms with Gasteiger partial charge in [0.25, 0.3) is 5.91 Å². The average molecular weight is 1040 g/mol. The number of benzene rings is 2. The number of nitrogens with one attached hydrogen (secondary N) is 2. The second kappa shape index (κ2) is 30.7. The van der Waals surface area contributed by atoms with E-state index in [1.807, 2.05) is 109 Å². The predicted molar refractivity (Wildman–Crippen MR) is 322 cm³/mol. The first kappa shape index (κ1) is 60.1. The first-order valence-corrected chi connectivity index (χ1v) is 29.2. The fourth-order valence-corrected chi connectivity index (χ4v) is 11.7. The van der Waals surface area contributed by atoms with Crippen LogP contribution in [0.5, 0.6) is 0 Å². The summed E-state index contributed by atoms with van der Waals surface area (Å²) >= 11 is 7.41. The van der Waals surface area contributed by atoms with Gasteiger partial charge in [0.15, 0.2) is 0 Å². The summed E-state index contributed by atoms with van der Waals surface area (Å²) < 4.78 is 0. The van der Waals surface area contributed by atoms with Gasteiger partial charge in [-0.15, -0.1) is 45.3 Å². The highest BCUT2D eigenvalue weighted by Gasteiger charge is 2.19. The molecule has 1 amide bonds. The van der Waals surface area contributed by atoms with Crippen molar-refractivity contribution in [3.63, 3.8) is 0 Å². The molecule has 72 heavy (non-hydrogen) atoms. The van der Waals surface area contributed by atoms with Crippen molar-refractivity contribution >= 4 is 69.2 Å². The van der Waals surface area contributed by atoms with Crippen LogP contribution in [-0.4, -0.2) is 57.9 Å². The molecule has 2 N–H and O–H groups in total. The second-order valence-corrected chi connectivity index (χ2v) is 25.8. The maximum Gasteiger partial charge on any atom is 0.251 e. The molecule has 0 bridgehead atoms. The highest BCUT2D eigenvalue weighted by atomic mass is 32.1. The number of hydrogen-bond acceptors (Lipinski definition) is 8. The first-order chi connectivity index (χ1) is 34.3. The van der Waals surface area contributed by atoms with Gasteiger partial charge in [-0.3, -0.25) is 9.59 Å². The van der Waals surface area contributed by atoms with Crippen molar-refractivity contribution in [3.8, 4) is 20.9 Å². The van der Waals surface area contributed by atoms with Crippen LogP contribution in [0.3, 0.4) is 0 Å². The molecule has 0 saturated heterocycles. The molecule has 2 aliphatic rings. The average Bonchev–Trinajstić information content (AvgIpc) is 4.21. The van der Waals surface area contributed by atoms with Gasteiger partial charge < -0.3 is 15.5 Å². The fourth-order valence-electron chi connectivity index (χ4n) is 7.82. The molecule has 0 unspecified atom stereocenters. The molecule has 0 radical (unpaired) electrons. The molecule has 0 aliphatic heterocycles. The van der Waals surface area contributed by atoms with Crippen LogP contribution in [0.2, 0.25) is 0 Å². The molecule has 9 heteroatoms. The number of aryl methyl sites for hydroxylation is 2. The number of allylic oxidation sites excluding steroid dienone is 5. The van der Waals surface area contributed by atoms with Crippen LogP contribution in [0.25, 0.3) is 32.5 Å². The Morgan fingerprint density at radius 3 is 1.68 bits per heavy atom. The number of amides is 1. The van der Waals surface area contributed by atoms with Gasteiger partial charge in [0.1, 0.15) is 6.29 Å². The van der Waals surface area contributed by atoms with Crippen molar-refractivity contribution in [2.45, 2.75) is 131 Å². The van der Waals surface area contributed by atoms with Gasteiger partial charge in [0.2, 0.25) is 0 Å². The third-order valence-electron chi connectivity index (χ3n) is 12.1. The number of aldehydes is 1. The van der Waals surface area contributed by atoms with E-state index < -0.39 is 0 Å². The standard InChI is InChI=1S/C16H20N2OS.C15H16OS.C15H20S.C13H18S.C4H11N/c1-12-4-9-15(20-12)13-5-7-14(8-6-13)16(19)17-10-11-18(2)3;1-15(2,3)14-9-8-13(17-14)12-6-4-11(10-16)5-7-12;1-11-7-5-6-8-12(11)13-9-10-14(16-13)15(2,3)4;1-11-7-9-13(14-11)10-8-12-5-3-2-4-6-12;1-3-4-5-2/h4-9H,10-11H2,1-3H3,(H,17,19);4-10H,1-3H3;7-10H,5-6H2,1-4H3;7-10,12H,2-6H2,1H3;5H,3-4H2,1-2H3/b;;;10-8+;. The monoisotopic (exact) mass is 1040 g/mol. The van der Waals surface area contributed by atoms with E-state index >= 15 is 0 Å². The van der Waals surface area contributed by atoms with Crippen molar-refractivity contribution in [1.29, 1.82) is 0 Å². The number of hydrogen-bond donors (Lipinski definition) is 2. The Kier molecular flexibility index (Phi) is 25.6. The molecular formula is C63H85N3O2S4. The minimum Gasteiger partial charge on any atom is -0.351 e. The largest absolute Gasteiger partial charge is 0.351 e. The van der Waals surface area contributed by atoms with E-state index in [1.165, 1.54) is 107 Å². The molecular weight excluding hydrogens is 959 g/mol. The van der Waals surface area contributed by atoms with Gasteiger partial charge in [0, 0.05) is 63.2 Å². The van der Waals surface area contributed by atoms with Gasteiger partial charge in [-0.1, -0.05) is 122 Å². The van der Waals surface area contributed by atoms with Crippen molar-refractivity contribution in [1.82, 2.24) is 15.5 Å². The van der Waals surface area contributed by atoms with E-state index in [9.17, 15) is 9.59 Å². The summed E-state index contributed by atoms with van der Waals surface area (Å²) in [7, 11) is 5.94. The second-order valence-electron chi connectivity index (χ2n) is 21.0. The van der Waals surface area contributed by atoms with Crippen LogP contribution < -0.4 is 10.6 Å². The molecule has 0 atom stereocenters. The highest BCUT2D eigenvalue weighted by Crippen LogP contribution is 2.38. The minimum absolute atomic E-state index is 0.0132. The minimum atomic E-state index is -0.0132. The fraction of sp³-hybridized carbons (Fsp3) is 0.429. The maximum absolute atomic E-state index is 12.0. The van der Waals surface area contributed by atoms with E-state index in [-0.39, 0.29) is 16.7 Å². The van der Waals surface area contributed by atoms with Crippen molar-refractivity contribution in [3.05, 3.63) is 161 Å². The van der Waals surface area contributed by atoms with Gasteiger partial charge in [-0.05, 0) is 186 Å². The zero-order valence-corrected chi connectivity index (χ0v) is 49.1. The Morgan fingerprint density at radius 1 is 0.653 bits per heavy atom. The van der Waals surface area contributed by atoms with Crippen LogP contribution in [0.1, 0.15) is 157 Å². The first-order valence-electron chi connectivity index (χ1n) is 25.9. The van der Waals surface area contributed by atoms with Crippen molar-refractivity contribution in [2.24, 2.45) is 5.92 Å². The topological polar surface area (TPSA) is 61.4 Å². The normalized spacial score (nSPS) is 13.8. The SMILES string of the molecule is CC(C)(C)c1ccc(-c2ccc(C=O)cc2)s1.CC1=CCCC=C1c1ccc(C(C)(C)C)s1.CCCNC.Cc1ccc(-c2ccc(C(=O)NCCN(C)C)cc2)s1.Cc1ccc(/C=C/C2CCCCC2)s1. The van der Waals surface area contributed by atoms with E-state index in [2.05, 4.69) is 153 Å². The summed E-state index contributed by atoms with van der Waals surface area (Å²) in [6.07, 6.45) is 21.1. The zero-order valence-electron chi connectivity index (χ0n) is 45.9. The van der Waals surface area contributed by atoms with Crippen molar-refractivity contribution < 1.29 is 9.59 Å². The lowest BCUT2D eigenvalue weighted by molar-refractivity contribution is 0.0950. The molecule has 4 aromatic heterocycles. The summed E-state index contributed by atoms with van der Waals surface area (Å²) in [6, 6.07) is 33.1. The maximum atomic E-state index is 12.0. The van der Waals surface area contributed by atoms with E-state index in [0.29, 0.717) is 12.1 Å². The Bertz CT molecular complexity index is 2590. The van der Waals surface area contributed by atoms with Gasteiger partial charge in [0.05, 0.1) is 0 Å². The summed E-state index contributed by atoms with van der Waals surface area (Å²) in [5.41, 5.74) is 7.13. The molecule has 2 aromatic carbocycles. The third-order valence-corrected chi connectivity index (χ3v) is 17.3. The zero-order chi connectivity index (χ0) is 52.7. The molecule has 0 spiro atoms. The lowest BCUT2D eigenvalue weighted by atomic mass is 9.89. The number of thiophene rings is 4. The van der Waals surface area contributed by atoms with Gasteiger partial charge >= 0.3 is 0 Å². The highest BCUT2D eigenvalue weighted by molar-refractivity contribution is 7.16.